The molecule has 0 aliphatic carbocycles. The highest BCUT2D eigenvalue weighted by Gasteiger charge is 2.32. The highest BCUT2D eigenvalue weighted by molar-refractivity contribution is 6.35. The first-order chi connectivity index (χ1) is 21.2. The van der Waals surface area contributed by atoms with E-state index in [1.807, 2.05) is 25.1 Å². The van der Waals surface area contributed by atoms with Crippen molar-refractivity contribution >= 4 is 41.4 Å². The van der Waals surface area contributed by atoms with Gasteiger partial charge >= 0.3 is 12.0 Å². The Bertz CT molecular complexity index is 1550. The van der Waals surface area contributed by atoms with Gasteiger partial charge in [0, 0.05) is 21.3 Å². The van der Waals surface area contributed by atoms with E-state index in [2.05, 4.69) is 21.2 Å². The van der Waals surface area contributed by atoms with Crippen LogP contribution in [0.4, 0.5) is 4.79 Å². The molecule has 0 saturated carbocycles. The normalized spacial score (nSPS) is 15.3. The first kappa shape index (κ1) is 32.5. The van der Waals surface area contributed by atoms with E-state index in [1.165, 1.54) is 7.11 Å². The van der Waals surface area contributed by atoms with Crippen molar-refractivity contribution in [2.24, 2.45) is 5.10 Å². The van der Waals surface area contributed by atoms with Gasteiger partial charge in [0.2, 0.25) is 0 Å². The third-order valence-electron chi connectivity index (χ3n) is 6.40. The molecule has 0 saturated heterocycles. The third kappa shape index (κ3) is 8.56. The van der Waals surface area contributed by atoms with Crippen molar-refractivity contribution in [2.75, 3.05) is 20.3 Å². The molecule has 44 heavy (non-hydrogen) atoms. The Balaban J connectivity index is 1.32. The van der Waals surface area contributed by atoms with Gasteiger partial charge in [-0.3, -0.25) is 5.43 Å². The summed E-state index contributed by atoms with van der Waals surface area (Å²) in [4.78, 5) is 24.6. The summed E-state index contributed by atoms with van der Waals surface area (Å²) in [5.74, 6) is 0.810. The van der Waals surface area contributed by atoms with Crippen LogP contribution in [0.25, 0.3) is 0 Å². The summed E-state index contributed by atoms with van der Waals surface area (Å²) in [6.07, 6.45) is 0.415. The molecular formula is C31H32Cl2N4O7. The number of amides is 2. The largest absolute Gasteiger partial charge is 0.490 e. The number of aliphatic hydroxyl groups excluding tert-OH is 1. The zero-order chi connectivity index (χ0) is 31.6. The molecule has 2 amide bonds. The van der Waals surface area contributed by atoms with Crippen LogP contribution >= 0.6 is 23.2 Å². The summed E-state index contributed by atoms with van der Waals surface area (Å²) >= 11 is 12.1. The van der Waals surface area contributed by atoms with Crippen molar-refractivity contribution in [2.45, 2.75) is 32.7 Å². The maximum absolute atomic E-state index is 12.4. The quantitative estimate of drug-likeness (QED) is 0.0875. The van der Waals surface area contributed by atoms with Crippen LogP contribution in [-0.2, 0) is 16.1 Å². The van der Waals surface area contributed by atoms with Crippen molar-refractivity contribution in [1.82, 2.24) is 16.1 Å². The highest BCUT2D eigenvalue weighted by atomic mass is 35.5. The van der Waals surface area contributed by atoms with Gasteiger partial charge in [0.15, 0.2) is 17.7 Å². The number of benzene rings is 3. The van der Waals surface area contributed by atoms with E-state index in [0.717, 1.165) is 11.1 Å². The van der Waals surface area contributed by atoms with Crippen molar-refractivity contribution in [3.63, 3.8) is 0 Å². The number of allylic oxidation sites excluding steroid dienone is 1. The number of hydrogen-bond acceptors (Lipinski definition) is 9. The van der Waals surface area contributed by atoms with Crippen LogP contribution in [-0.4, -0.2) is 49.9 Å². The van der Waals surface area contributed by atoms with E-state index in [0.29, 0.717) is 51.8 Å². The van der Waals surface area contributed by atoms with E-state index < -0.39 is 24.3 Å². The van der Waals surface area contributed by atoms with Crippen LogP contribution < -0.4 is 30.3 Å². The summed E-state index contributed by atoms with van der Waals surface area (Å²) in [5, 5.41) is 20.9. The molecule has 1 heterocycles. The minimum Gasteiger partial charge on any atom is -0.490 e. The molecule has 2 atom stereocenters. The molecule has 13 heteroatoms. The Morgan fingerprint density at radius 2 is 1.84 bits per heavy atom. The molecule has 4 N–H and O–H groups in total. The van der Waals surface area contributed by atoms with Gasteiger partial charge in [0.25, 0.3) is 0 Å². The van der Waals surface area contributed by atoms with Crippen LogP contribution in [0.1, 0.15) is 36.6 Å². The highest BCUT2D eigenvalue weighted by Crippen LogP contribution is 2.35. The van der Waals surface area contributed by atoms with Gasteiger partial charge in [-0.15, -0.1) is 0 Å². The molecule has 1 aliphatic rings. The number of esters is 1. The number of urea groups is 1. The molecule has 3 aromatic carbocycles. The number of halogens is 2. The molecule has 11 nitrogen and oxygen atoms in total. The van der Waals surface area contributed by atoms with Gasteiger partial charge in [-0.1, -0.05) is 35.3 Å². The van der Waals surface area contributed by atoms with Crippen molar-refractivity contribution in [3.05, 3.63) is 98.7 Å². The second-order valence-corrected chi connectivity index (χ2v) is 10.4. The fourth-order valence-corrected chi connectivity index (χ4v) is 4.73. The van der Waals surface area contributed by atoms with Crippen LogP contribution in [0.15, 0.2) is 77.0 Å². The van der Waals surface area contributed by atoms with E-state index in [1.54, 1.807) is 55.6 Å². The number of aliphatic hydroxyl groups is 1. The molecule has 0 aromatic heterocycles. The predicted molar refractivity (Wildman–Crippen MR) is 166 cm³/mol. The minimum absolute atomic E-state index is 0.146. The van der Waals surface area contributed by atoms with Gasteiger partial charge in [-0.25, -0.2) is 9.59 Å². The standard InChI is InChI=1S/C31H32Cl2N4O7/c1-4-42-26-13-20(29-28(30(39)41-3)18(2)35-31(40)36-29)8-12-25(26)44-17-27(38)37-34-15-19-5-10-23(11-6-19)43-16-21-7-9-22(32)14-24(21)33/h5-15,27,29,37-38H,4,16-17H2,1-3H3,(H2,35,36,40)/b34-15-/t27-,29+/m1/s1. The van der Waals surface area contributed by atoms with E-state index in [9.17, 15) is 14.7 Å². The molecule has 1 aliphatic heterocycles. The average Bonchev–Trinajstić information content (AvgIpc) is 3.00. The van der Waals surface area contributed by atoms with Crippen molar-refractivity contribution < 1.29 is 33.6 Å². The smallest absolute Gasteiger partial charge is 0.337 e. The Morgan fingerprint density at radius 3 is 2.55 bits per heavy atom. The van der Waals surface area contributed by atoms with Gasteiger partial charge < -0.3 is 34.7 Å². The molecule has 0 spiro atoms. The number of nitrogens with one attached hydrogen (secondary N) is 3. The number of rotatable bonds is 13. The van der Waals surface area contributed by atoms with Gasteiger partial charge in [-0.2, -0.15) is 5.10 Å². The number of ether oxygens (including phenoxy) is 4. The lowest BCUT2D eigenvalue weighted by Crippen LogP contribution is -2.45. The zero-order valence-electron chi connectivity index (χ0n) is 24.2. The van der Waals surface area contributed by atoms with E-state index in [-0.39, 0.29) is 12.2 Å². The molecule has 0 bridgehead atoms. The van der Waals surface area contributed by atoms with Crippen LogP contribution in [0, 0.1) is 0 Å². The Morgan fingerprint density at radius 1 is 1.07 bits per heavy atom. The topological polar surface area (TPSA) is 140 Å². The number of carbonyl (C=O) groups excluding carboxylic acids is 2. The first-order valence-corrected chi connectivity index (χ1v) is 14.3. The van der Waals surface area contributed by atoms with Crippen LogP contribution in [0.5, 0.6) is 17.2 Å². The summed E-state index contributed by atoms with van der Waals surface area (Å²) < 4.78 is 22.2. The first-order valence-electron chi connectivity index (χ1n) is 13.6. The van der Waals surface area contributed by atoms with Crippen LogP contribution in [0.3, 0.4) is 0 Å². The third-order valence-corrected chi connectivity index (χ3v) is 6.99. The number of hydrazone groups is 1. The van der Waals surface area contributed by atoms with Gasteiger partial charge in [0.1, 0.15) is 19.0 Å². The molecule has 3 aromatic rings. The SMILES string of the molecule is CCOc1cc([C@@H]2NC(=O)NC(C)=C2C(=O)OC)ccc1OC[C@@H](O)N/N=C\c1ccc(OCc2ccc(Cl)cc2Cl)cc1. The summed E-state index contributed by atoms with van der Waals surface area (Å²) in [5.41, 5.74) is 5.46. The molecule has 4 rings (SSSR count). The number of hydrogen-bond donors (Lipinski definition) is 4. The second kappa shape index (κ2) is 15.3. The minimum atomic E-state index is -1.13. The van der Waals surface area contributed by atoms with Crippen molar-refractivity contribution in [3.8, 4) is 17.2 Å². The van der Waals surface area contributed by atoms with Crippen molar-refractivity contribution in [1.29, 1.82) is 0 Å². The van der Waals surface area contributed by atoms with E-state index >= 15 is 0 Å². The Labute approximate surface area is 264 Å². The lowest BCUT2D eigenvalue weighted by molar-refractivity contribution is -0.136. The second-order valence-electron chi connectivity index (χ2n) is 9.51. The average molecular weight is 644 g/mol. The summed E-state index contributed by atoms with van der Waals surface area (Å²) in [7, 11) is 1.27. The predicted octanol–water partition coefficient (Wildman–Crippen LogP) is 5.09. The summed E-state index contributed by atoms with van der Waals surface area (Å²) in [6.45, 7) is 3.92. The number of nitrogens with zero attached hydrogens (tertiary/aromatic N) is 1. The number of carbonyl (C=O) groups is 2. The lowest BCUT2D eigenvalue weighted by atomic mass is 9.95. The summed E-state index contributed by atoms with van der Waals surface area (Å²) in [6, 6.07) is 16.3. The maximum Gasteiger partial charge on any atom is 0.337 e. The van der Waals surface area contributed by atoms with E-state index in [4.69, 9.17) is 42.1 Å². The Hall–Kier alpha value is -4.45. The monoisotopic (exact) mass is 642 g/mol. The van der Waals surface area contributed by atoms with Gasteiger partial charge in [0.05, 0.1) is 31.5 Å². The molecular weight excluding hydrogens is 611 g/mol. The molecule has 232 valence electrons. The lowest BCUT2D eigenvalue weighted by Gasteiger charge is -2.28. The molecule has 0 fully saturated rings. The Kier molecular flexibility index (Phi) is 11.3. The molecule has 0 unspecified atom stereocenters. The number of methoxy groups -OCH3 is 1. The van der Waals surface area contributed by atoms with Gasteiger partial charge in [-0.05, 0) is 73.5 Å². The molecule has 0 radical (unpaired) electrons. The fourth-order valence-electron chi connectivity index (χ4n) is 4.27. The zero-order valence-corrected chi connectivity index (χ0v) is 25.7. The maximum atomic E-state index is 12.4. The van der Waals surface area contributed by atoms with Crippen LogP contribution in [0.2, 0.25) is 10.0 Å². The fraction of sp³-hybridized carbons (Fsp3) is 0.258.